The molecule has 4 heteroatoms. The van der Waals surface area contributed by atoms with Crippen LogP contribution in [0.4, 0.5) is 0 Å². The van der Waals surface area contributed by atoms with Gasteiger partial charge in [0, 0.05) is 6.04 Å². The largest absolute Gasteiger partial charge is 0.508 e. The second-order valence-corrected chi connectivity index (χ2v) is 5.04. The van der Waals surface area contributed by atoms with E-state index < -0.39 is 0 Å². The molecule has 0 saturated heterocycles. The van der Waals surface area contributed by atoms with E-state index in [1.807, 2.05) is 31.2 Å². The lowest BCUT2D eigenvalue weighted by molar-refractivity contribution is 0.354. The van der Waals surface area contributed by atoms with Gasteiger partial charge in [0.25, 0.3) is 0 Å². The predicted molar refractivity (Wildman–Crippen MR) is 83.1 cm³/mol. The minimum Gasteiger partial charge on any atom is -0.508 e. The summed E-state index contributed by atoms with van der Waals surface area (Å²) in [5.41, 5.74) is 9.10. The van der Waals surface area contributed by atoms with Crippen molar-refractivity contribution < 1.29 is 14.6 Å². The van der Waals surface area contributed by atoms with Crippen molar-refractivity contribution in [2.75, 3.05) is 14.2 Å². The van der Waals surface area contributed by atoms with Crippen molar-refractivity contribution in [1.29, 1.82) is 0 Å². The van der Waals surface area contributed by atoms with Crippen LogP contribution < -0.4 is 15.2 Å². The fourth-order valence-electron chi connectivity index (χ4n) is 2.40. The molecule has 0 spiro atoms. The van der Waals surface area contributed by atoms with Crippen LogP contribution in [0.2, 0.25) is 0 Å². The van der Waals surface area contributed by atoms with Gasteiger partial charge >= 0.3 is 0 Å². The SMILES string of the molecule is COc1ccc(Cc2cc(O)ccc2C(C)N)cc1OC. The molecule has 0 heterocycles. The maximum Gasteiger partial charge on any atom is 0.160 e. The molecule has 2 rings (SSSR count). The molecule has 0 bridgehead atoms. The van der Waals surface area contributed by atoms with E-state index in [0.717, 1.165) is 16.7 Å². The summed E-state index contributed by atoms with van der Waals surface area (Å²) in [5.74, 6) is 1.64. The first-order valence-electron chi connectivity index (χ1n) is 6.83. The van der Waals surface area contributed by atoms with Gasteiger partial charge in [-0.15, -0.1) is 0 Å². The first kappa shape index (κ1) is 15.2. The molecule has 21 heavy (non-hydrogen) atoms. The predicted octanol–water partition coefficient (Wildman–Crippen LogP) is 3.02. The molecule has 0 amide bonds. The number of benzene rings is 2. The van der Waals surface area contributed by atoms with Crippen molar-refractivity contribution in [2.24, 2.45) is 5.73 Å². The van der Waals surface area contributed by atoms with Gasteiger partial charge in [-0.3, -0.25) is 0 Å². The van der Waals surface area contributed by atoms with E-state index in [9.17, 15) is 5.11 Å². The van der Waals surface area contributed by atoms with Crippen molar-refractivity contribution in [3.63, 3.8) is 0 Å². The van der Waals surface area contributed by atoms with Crippen LogP contribution in [0.1, 0.15) is 29.7 Å². The van der Waals surface area contributed by atoms with E-state index in [1.165, 1.54) is 0 Å². The Morgan fingerprint density at radius 3 is 2.38 bits per heavy atom. The lowest BCUT2D eigenvalue weighted by atomic mass is 9.95. The third-order valence-corrected chi connectivity index (χ3v) is 3.46. The zero-order chi connectivity index (χ0) is 15.4. The lowest BCUT2D eigenvalue weighted by Crippen LogP contribution is -2.08. The maximum absolute atomic E-state index is 9.69. The second-order valence-electron chi connectivity index (χ2n) is 5.04. The van der Waals surface area contributed by atoms with Crippen LogP contribution in [-0.2, 0) is 6.42 Å². The topological polar surface area (TPSA) is 64.7 Å². The Labute approximate surface area is 125 Å². The quantitative estimate of drug-likeness (QED) is 0.887. The molecule has 0 fully saturated rings. The number of hydrogen-bond acceptors (Lipinski definition) is 4. The molecule has 0 aromatic heterocycles. The van der Waals surface area contributed by atoms with Crippen molar-refractivity contribution in [2.45, 2.75) is 19.4 Å². The van der Waals surface area contributed by atoms with Gasteiger partial charge in [-0.05, 0) is 54.3 Å². The van der Waals surface area contributed by atoms with E-state index >= 15 is 0 Å². The van der Waals surface area contributed by atoms with E-state index in [-0.39, 0.29) is 11.8 Å². The Morgan fingerprint density at radius 1 is 1.05 bits per heavy atom. The first-order chi connectivity index (χ1) is 10.0. The van der Waals surface area contributed by atoms with Crippen LogP contribution in [0.5, 0.6) is 17.2 Å². The number of nitrogens with two attached hydrogens (primary N) is 1. The highest BCUT2D eigenvalue weighted by molar-refractivity contribution is 5.46. The summed E-state index contributed by atoms with van der Waals surface area (Å²) >= 11 is 0. The van der Waals surface area contributed by atoms with Gasteiger partial charge in [0.15, 0.2) is 11.5 Å². The molecule has 112 valence electrons. The van der Waals surface area contributed by atoms with Gasteiger partial charge in [-0.25, -0.2) is 0 Å². The highest BCUT2D eigenvalue weighted by Crippen LogP contribution is 2.30. The Balaban J connectivity index is 2.36. The molecule has 2 aromatic carbocycles. The van der Waals surface area contributed by atoms with E-state index in [2.05, 4.69) is 0 Å². The molecular weight excluding hydrogens is 266 g/mol. The Kier molecular flexibility index (Phi) is 4.70. The molecule has 3 N–H and O–H groups in total. The first-order valence-corrected chi connectivity index (χ1v) is 6.83. The molecule has 0 saturated carbocycles. The van der Waals surface area contributed by atoms with Crippen LogP contribution in [0.25, 0.3) is 0 Å². The standard InChI is InChI=1S/C17H21NO3/c1-11(18)15-6-5-14(19)10-13(15)8-12-4-7-16(20-2)17(9-12)21-3/h4-7,9-11,19H,8,18H2,1-3H3. The summed E-state index contributed by atoms with van der Waals surface area (Å²) in [5, 5.41) is 9.69. The molecule has 2 aromatic rings. The average molecular weight is 287 g/mol. The third kappa shape index (κ3) is 3.47. The van der Waals surface area contributed by atoms with Gasteiger partial charge in [-0.1, -0.05) is 12.1 Å². The summed E-state index contributed by atoms with van der Waals surface area (Å²) in [6.07, 6.45) is 0.672. The number of methoxy groups -OCH3 is 2. The number of aromatic hydroxyl groups is 1. The Bertz CT molecular complexity index is 623. The third-order valence-electron chi connectivity index (χ3n) is 3.46. The van der Waals surface area contributed by atoms with Crippen LogP contribution in [0.3, 0.4) is 0 Å². The minimum absolute atomic E-state index is 0.0826. The molecule has 4 nitrogen and oxygen atoms in total. The average Bonchev–Trinajstić information content (AvgIpc) is 2.46. The van der Waals surface area contributed by atoms with Crippen molar-refractivity contribution in [3.05, 3.63) is 53.1 Å². The van der Waals surface area contributed by atoms with E-state index in [1.54, 1.807) is 26.4 Å². The summed E-state index contributed by atoms with van der Waals surface area (Å²) in [6.45, 7) is 1.94. The molecular formula is C17H21NO3. The zero-order valence-electron chi connectivity index (χ0n) is 12.6. The number of rotatable bonds is 5. The highest BCUT2D eigenvalue weighted by atomic mass is 16.5. The Morgan fingerprint density at radius 2 is 1.76 bits per heavy atom. The van der Waals surface area contributed by atoms with Gasteiger partial charge in [0.05, 0.1) is 14.2 Å². The van der Waals surface area contributed by atoms with Crippen LogP contribution in [0.15, 0.2) is 36.4 Å². The van der Waals surface area contributed by atoms with Gasteiger partial charge in [0.1, 0.15) is 5.75 Å². The van der Waals surface area contributed by atoms with Crippen molar-refractivity contribution in [1.82, 2.24) is 0 Å². The molecule has 0 aliphatic carbocycles. The van der Waals surface area contributed by atoms with Gasteiger partial charge in [0.2, 0.25) is 0 Å². The van der Waals surface area contributed by atoms with Gasteiger partial charge in [-0.2, -0.15) is 0 Å². The molecule has 0 radical (unpaired) electrons. The smallest absolute Gasteiger partial charge is 0.160 e. The van der Waals surface area contributed by atoms with Crippen molar-refractivity contribution >= 4 is 0 Å². The van der Waals surface area contributed by atoms with Gasteiger partial charge < -0.3 is 20.3 Å². The maximum atomic E-state index is 9.69. The minimum atomic E-state index is -0.0826. The molecule has 0 aliphatic rings. The van der Waals surface area contributed by atoms with Crippen molar-refractivity contribution in [3.8, 4) is 17.2 Å². The second kappa shape index (κ2) is 6.50. The molecule has 1 atom stereocenters. The highest BCUT2D eigenvalue weighted by Gasteiger charge is 2.10. The number of ether oxygens (including phenoxy) is 2. The normalized spacial score (nSPS) is 12.0. The Hall–Kier alpha value is -2.20. The van der Waals surface area contributed by atoms with Crippen LogP contribution in [0, 0.1) is 0 Å². The fourth-order valence-corrected chi connectivity index (χ4v) is 2.40. The number of phenols is 1. The monoisotopic (exact) mass is 287 g/mol. The van der Waals surface area contributed by atoms with Crippen LogP contribution >= 0.6 is 0 Å². The summed E-state index contributed by atoms with van der Waals surface area (Å²) in [4.78, 5) is 0. The van der Waals surface area contributed by atoms with E-state index in [0.29, 0.717) is 17.9 Å². The molecule has 1 unspecified atom stereocenters. The number of hydrogen-bond donors (Lipinski definition) is 2. The van der Waals surface area contributed by atoms with E-state index in [4.69, 9.17) is 15.2 Å². The number of phenolic OH excluding ortho intramolecular Hbond substituents is 1. The summed E-state index contributed by atoms with van der Waals surface area (Å²) < 4.78 is 10.6. The lowest BCUT2D eigenvalue weighted by Gasteiger charge is -2.14. The fraction of sp³-hybridized carbons (Fsp3) is 0.294. The zero-order valence-corrected chi connectivity index (χ0v) is 12.6. The molecule has 0 aliphatic heterocycles. The summed E-state index contributed by atoms with van der Waals surface area (Å²) in [7, 11) is 3.23. The summed E-state index contributed by atoms with van der Waals surface area (Å²) in [6, 6.07) is 11.0. The van der Waals surface area contributed by atoms with Crippen LogP contribution in [-0.4, -0.2) is 19.3 Å².